The zero-order valence-corrected chi connectivity index (χ0v) is 10.7. The first-order valence-corrected chi connectivity index (χ1v) is 6.07. The molecule has 0 saturated carbocycles. The molecule has 0 aliphatic rings. The Morgan fingerprint density at radius 3 is 2.33 bits per heavy atom. The van der Waals surface area contributed by atoms with Crippen molar-refractivity contribution in [3.05, 3.63) is 59.9 Å². The molecule has 0 saturated heterocycles. The van der Waals surface area contributed by atoms with Gasteiger partial charge in [0.05, 0.1) is 11.1 Å². The number of nitrogens with zero attached hydrogens (tertiary/aromatic N) is 2. The number of aromatic carboxylic acids is 1. The molecule has 1 aromatic heterocycles. The minimum Gasteiger partial charge on any atom is -0.478 e. The van der Waals surface area contributed by atoms with Crippen molar-refractivity contribution >= 4 is 5.97 Å². The van der Waals surface area contributed by atoms with Crippen LogP contribution in [0.3, 0.4) is 0 Å². The third-order valence-corrected chi connectivity index (χ3v) is 2.91. The first-order chi connectivity index (χ1) is 10.1. The third-order valence-electron chi connectivity index (χ3n) is 2.91. The monoisotopic (exact) mass is 284 g/mol. The summed E-state index contributed by atoms with van der Waals surface area (Å²) in [6.45, 7) is 0. The minimum absolute atomic E-state index is 0.0745. The predicted octanol–water partition coefficient (Wildman–Crippen LogP) is 3.24. The summed E-state index contributed by atoms with van der Waals surface area (Å²) in [5.41, 5.74) is 0.945. The highest BCUT2D eigenvalue weighted by atomic mass is 19.1. The van der Waals surface area contributed by atoms with Gasteiger partial charge in [0, 0.05) is 5.56 Å². The molecule has 0 bridgehead atoms. The zero-order chi connectivity index (χ0) is 14.8. The standard InChI is InChI=1S/C15H9FN2O3/c16-12-4-2-1-3-11(12)14-18-17-13(21-14)9-5-7-10(8-6-9)15(19)20/h1-8H,(H,19,20). The maximum Gasteiger partial charge on any atom is 0.335 e. The van der Waals surface area contributed by atoms with E-state index >= 15 is 0 Å². The predicted molar refractivity (Wildman–Crippen MR) is 72.1 cm³/mol. The molecule has 5 nitrogen and oxygen atoms in total. The first kappa shape index (κ1) is 13.0. The van der Waals surface area contributed by atoms with Gasteiger partial charge in [-0.3, -0.25) is 0 Å². The van der Waals surface area contributed by atoms with Crippen molar-refractivity contribution in [3.8, 4) is 22.9 Å². The van der Waals surface area contributed by atoms with Crippen molar-refractivity contribution in [2.24, 2.45) is 0 Å². The quantitative estimate of drug-likeness (QED) is 0.799. The average molecular weight is 284 g/mol. The number of carboxylic acid groups (broad SMARTS) is 1. The SMILES string of the molecule is O=C(O)c1ccc(-c2nnc(-c3ccccc3F)o2)cc1. The lowest BCUT2D eigenvalue weighted by Crippen LogP contribution is -1.94. The summed E-state index contributed by atoms with van der Waals surface area (Å²) >= 11 is 0. The number of benzene rings is 2. The molecule has 3 rings (SSSR count). The molecule has 0 atom stereocenters. The van der Waals surface area contributed by atoms with Crippen LogP contribution in [0, 0.1) is 5.82 Å². The molecule has 2 aromatic carbocycles. The second-order valence-electron chi connectivity index (χ2n) is 4.27. The minimum atomic E-state index is -1.01. The molecule has 21 heavy (non-hydrogen) atoms. The maximum atomic E-state index is 13.6. The van der Waals surface area contributed by atoms with Gasteiger partial charge in [0.2, 0.25) is 5.89 Å². The molecule has 0 aliphatic heterocycles. The van der Waals surface area contributed by atoms with Gasteiger partial charge in [0.15, 0.2) is 0 Å². The van der Waals surface area contributed by atoms with Crippen LogP contribution in [0.1, 0.15) is 10.4 Å². The van der Waals surface area contributed by atoms with Crippen LogP contribution in [0.5, 0.6) is 0 Å². The lowest BCUT2D eigenvalue weighted by atomic mass is 10.1. The van der Waals surface area contributed by atoms with Gasteiger partial charge in [0.1, 0.15) is 5.82 Å². The summed E-state index contributed by atoms with van der Waals surface area (Å²) in [6.07, 6.45) is 0. The van der Waals surface area contributed by atoms with Crippen molar-refractivity contribution < 1.29 is 18.7 Å². The second-order valence-corrected chi connectivity index (χ2v) is 4.27. The summed E-state index contributed by atoms with van der Waals surface area (Å²) in [5, 5.41) is 16.5. The van der Waals surface area contributed by atoms with Gasteiger partial charge in [0.25, 0.3) is 5.89 Å². The molecule has 1 heterocycles. The topological polar surface area (TPSA) is 76.2 Å². The van der Waals surface area contributed by atoms with Crippen LogP contribution < -0.4 is 0 Å². The van der Waals surface area contributed by atoms with Crippen molar-refractivity contribution in [3.63, 3.8) is 0 Å². The van der Waals surface area contributed by atoms with Crippen LogP contribution in [0.2, 0.25) is 0 Å². The molecule has 0 aliphatic carbocycles. The Labute approximate surface area is 118 Å². The van der Waals surface area contributed by atoms with Gasteiger partial charge in [-0.2, -0.15) is 0 Å². The second kappa shape index (κ2) is 5.16. The Hall–Kier alpha value is -3.02. The Kier molecular flexibility index (Phi) is 3.19. The van der Waals surface area contributed by atoms with Crippen LogP contribution in [-0.2, 0) is 0 Å². The third kappa shape index (κ3) is 2.51. The van der Waals surface area contributed by atoms with Crippen LogP contribution in [-0.4, -0.2) is 21.3 Å². The molecule has 0 unspecified atom stereocenters. The van der Waals surface area contributed by atoms with Crippen molar-refractivity contribution in [2.75, 3.05) is 0 Å². The smallest absolute Gasteiger partial charge is 0.335 e. The van der Waals surface area contributed by atoms with E-state index in [1.807, 2.05) is 0 Å². The van der Waals surface area contributed by atoms with E-state index in [1.54, 1.807) is 30.3 Å². The number of carboxylic acids is 1. The van der Waals surface area contributed by atoms with E-state index in [0.29, 0.717) is 5.56 Å². The van der Waals surface area contributed by atoms with Crippen LogP contribution in [0.4, 0.5) is 4.39 Å². The van der Waals surface area contributed by atoms with E-state index in [-0.39, 0.29) is 22.9 Å². The highest BCUT2D eigenvalue weighted by molar-refractivity contribution is 5.88. The van der Waals surface area contributed by atoms with Crippen molar-refractivity contribution in [1.82, 2.24) is 10.2 Å². The summed E-state index contributed by atoms with van der Waals surface area (Å²) in [6, 6.07) is 12.1. The fraction of sp³-hybridized carbons (Fsp3) is 0. The summed E-state index contributed by atoms with van der Waals surface area (Å²) in [5.74, 6) is -1.19. The highest BCUT2D eigenvalue weighted by Gasteiger charge is 2.14. The molecule has 0 fully saturated rings. The number of hydrogen-bond acceptors (Lipinski definition) is 4. The van der Waals surface area contributed by atoms with Gasteiger partial charge < -0.3 is 9.52 Å². The molecule has 0 spiro atoms. The van der Waals surface area contributed by atoms with E-state index in [2.05, 4.69) is 10.2 Å². The van der Waals surface area contributed by atoms with Gasteiger partial charge >= 0.3 is 5.97 Å². The molecule has 0 radical (unpaired) electrons. The van der Waals surface area contributed by atoms with Gasteiger partial charge in [-0.25, -0.2) is 9.18 Å². The molecule has 0 amide bonds. The Bertz CT molecular complexity index is 797. The average Bonchev–Trinajstić information content (AvgIpc) is 2.97. The maximum absolute atomic E-state index is 13.6. The highest BCUT2D eigenvalue weighted by Crippen LogP contribution is 2.25. The molecule has 6 heteroatoms. The molecule has 3 aromatic rings. The zero-order valence-electron chi connectivity index (χ0n) is 10.7. The summed E-state index contributed by atoms with van der Waals surface area (Å²) in [7, 11) is 0. The fourth-order valence-electron chi connectivity index (χ4n) is 1.84. The lowest BCUT2D eigenvalue weighted by Gasteiger charge is -1.97. The molecular weight excluding hydrogens is 275 g/mol. The van der Waals surface area contributed by atoms with E-state index in [1.165, 1.54) is 18.2 Å². The fourth-order valence-corrected chi connectivity index (χ4v) is 1.84. The Morgan fingerprint density at radius 2 is 1.67 bits per heavy atom. The Morgan fingerprint density at radius 1 is 1.00 bits per heavy atom. The number of rotatable bonds is 3. The lowest BCUT2D eigenvalue weighted by molar-refractivity contribution is 0.0697. The van der Waals surface area contributed by atoms with E-state index < -0.39 is 11.8 Å². The largest absolute Gasteiger partial charge is 0.478 e. The summed E-state index contributed by atoms with van der Waals surface area (Å²) < 4.78 is 19.1. The number of halogens is 1. The number of hydrogen-bond donors (Lipinski definition) is 1. The van der Waals surface area contributed by atoms with Gasteiger partial charge in [-0.15, -0.1) is 10.2 Å². The molecule has 104 valence electrons. The van der Waals surface area contributed by atoms with Gasteiger partial charge in [-0.1, -0.05) is 12.1 Å². The van der Waals surface area contributed by atoms with Gasteiger partial charge in [-0.05, 0) is 36.4 Å². The number of carbonyl (C=O) groups is 1. The van der Waals surface area contributed by atoms with Crippen molar-refractivity contribution in [2.45, 2.75) is 0 Å². The first-order valence-electron chi connectivity index (χ1n) is 6.07. The Balaban J connectivity index is 1.95. The summed E-state index contributed by atoms with van der Waals surface area (Å²) in [4.78, 5) is 10.8. The molecule has 1 N–H and O–H groups in total. The van der Waals surface area contributed by atoms with E-state index in [4.69, 9.17) is 9.52 Å². The van der Waals surface area contributed by atoms with Crippen LogP contribution in [0.15, 0.2) is 52.9 Å². The number of aromatic nitrogens is 2. The normalized spacial score (nSPS) is 10.5. The van der Waals surface area contributed by atoms with Crippen LogP contribution in [0.25, 0.3) is 22.9 Å². The van der Waals surface area contributed by atoms with Crippen LogP contribution >= 0.6 is 0 Å². The van der Waals surface area contributed by atoms with Crippen molar-refractivity contribution in [1.29, 1.82) is 0 Å². The van der Waals surface area contributed by atoms with E-state index in [9.17, 15) is 9.18 Å². The van der Waals surface area contributed by atoms with E-state index in [0.717, 1.165) is 0 Å². The molecular formula is C15H9FN2O3.